The third kappa shape index (κ3) is 4.31. The molecule has 0 saturated heterocycles. The van der Waals surface area contributed by atoms with Crippen LogP contribution < -0.4 is 0 Å². The summed E-state index contributed by atoms with van der Waals surface area (Å²) in [6.07, 6.45) is 0. The van der Waals surface area contributed by atoms with E-state index in [1.807, 2.05) is 54.6 Å². The zero-order chi connectivity index (χ0) is 33.8. The number of nitriles is 3. The summed E-state index contributed by atoms with van der Waals surface area (Å²) in [5, 5.41) is 34.4. The number of hydrogen-bond acceptors (Lipinski definition) is 3. The first-order valence-corrected chi connectivity index (χ1v) is 16.3. The molecule has 0 fully saturated rings. The molecular formula is C45H25N5. The molecule has 0 aliphatic heterocycles. The predicted octanol–water partition coefficient (Wildman–Crippen LogP) is 10.8. The molecule has 0 spiro atoms. The maximum atomic E-state index is 10.2. The summed E-state index contributed by atoms with van der Waals surface area (Å²) in [4.78, 5) is 0. The van der Waals surface area contributed by atoms with Gasteiger partial charge in [0.15, 0.2) is 0 Å². The molecule has 7 aromatic carbocycles. The van der Waals surface area contributed by atoms with E-state index in [4.69, 9.17) is 0 Å². The van der Waals surface area contributed by atoms with Crippen molar-refractivity contribution in [3.05, 3.63) is 168 Å². The summed E-state index contributed by atoms with van der Waals surface area (Å²) in [6, 6.07) is 58.0. The molecule has 0 aliphatic carbocycles. The summed E-state index contributed by atoms with van der Waals surface area (Å²) in [6.45, 7) is 0. The van der Waals surface area contributed by atoms with Crippen LogP contribution in [0.1, 0.15) is 16.7 Å². The maximum absolute atomic E-state index is 10.2. The third-order valence-corrected chi connectivity index (χ3v) is 9.65. The van der Waals surface area contributed by atoms with E-state index in [2.05, 4.69) is 124 Å². The van der Waals surface area contributed by atoms with Crippen molar-refractivity contribution in [1.82, 2.24) is 9.13 Å². The molecule has 9 rings (SSSR count). The molecule has 0 unspecified atom stereocenters. The molecule has 5 heteroatoms. The molecule has 2 aromatic heterocycles. The number of benzene rings is 7. The highest BCUT2D eigenvalue weighted by Crippen LogP contribution is 2.41. The lowest BCUT2D eigenvalue weighted by Gasteiger charge is -2.18. The minimum Gasteiger partial charge on any atom is -0.309 e. The Morgan fingerprint density at radius 3 is 1.52 bits per heavy atom. The standard InChI is InChI=1S/C45H25N5/c46-26-29-17-22-44-39(23-29)38-13-5-8-16-43(38)50(44)45-25-32(28-48)31(27-47)24-40(45)35-10-2-1-9-34(35)30-18-20-33(21-19-30)49-41-14-6-3-11-36(41)37-12-4-7-15-42(37)49/h1-25H. The van der Waals surface area contributed by atoms with Crippen molar-refractivity contribution in [2.45, 2.75) is 0 Å². The molecule has 50 heavy (non-hydrogen) atoms. The van der Waals surface area contributed by atoms with Crippen LogP contribution in [0, 0.1) is 34.0 Å². The second kappa shape index (κ2) is 11.4. The fourth-order valence-electron chi connectivity index (χ4n) is 7.44. The van der Waals surface area contributed by atoms with Gasteiger partial charge in [-0.3, -0.25) is 0 Å². The minimum absolute atomic E-state index is 0.304. The zero-order valence-electron chi connectivity index (χ0n) is 26.7. The van der Waals surface area contributed by atoms with Gasteiger partial charge in [0.1, 0.15) is 12.1 Å². The van der Waals surface area contributed by atoms with Gasteiger partial charge in [0.2, 0.25) is 0 Å². The molecule has 0 N–H and O–H groups in total. The molecule has 0 aliphatic rings. The Morgan fingerprint density at radius 1 is 0.380 bits per heavy atom. The lowest BCUT2D eigenvalue weighted by molar-refractivity contribution is 1.17. The highest BCUT2D eigenvalue weighted by Gasteiger charge is 2.21. The van der Waals surface area contributed by atoms with Crippen molar-refractivity contribution in [3.63, 3.8) is 0 Å². The number of nitrogens with zero attached hydrogens (tertiary/aromatic N) is 5. The summed E-state index contributed by atoms with van der Waals surface area (Å²) < 4.78 is 4.45. The van der Waals surface area contributed by atoms with Crippen LogP contribution in [0.5, 0.6) is 0 Å². The van der Waals surface area contributed by atoms with Gasteiger partial charge in [-0.05, 0) is 77.4 Å². The topological polar surface area (TPSA) is 81.2 Å². The number of rotatable bonds is 4. The number of hydrogen-bond donors (Lipinski definition) is 0. The van der Waals surface area contributed by atoms with Crippen LogP contribution in [0.4, 0.5) is 0 Å². The average Bonchev–Trinajstić information content (AvgIpc) is 3.70. The lowest BCUT2D eigenvalue weighted by Crippen LogP contribution is -2.01. The van der Waals surface area contributed by atoms with Gasteiger partial charge >= 0.3 is 0 Å². The van der Waals surface area contributed by atoms with Gasteiger partial charge < -0.3 is 9.13 Å². The van der Waals surface area contributed by atoms with E-state index in [0.29, 0.717) is 16.7 Å². The summed E-state index contributed by atoms with van der Waals surface area (Å²) in [5.74, 6) is 0. The fourth-order valence-corrected chi connectivity index (χ4v) is 7.44. The summed E-state index contributed by atoms with van der Waals surface area (Å²) >= 11 is 0. The van der Waals surface area contributed by atoms with Gasteiger partial charge in [-0.15, -0.1) is 0 Å². The Kier molecular flexibility index (Phi) is 6.56. The molecule has 5 nitrogen and oxygen atoms in total. The van der Waals surface area contributed by atoms with Crippen LogP contribution in [-0.4, -0.2) is 9.13 Å². The van der Waals surface area contributed by atoms with E-state index < -0.39 is 0 Å². The number of para-hydroxylation sites is 3. The minimum atomic E-state index is 0.304. The number of fused-ring (bicyclic) bond motifs is 6. The Labute approximate surface area is 287 Å². The Bertz CT molecular complexity index is 2900. The van der Waals surface area contributed by atoms with Gasteiger partial charge in [0.25, 0.3) is 0 Å². The van der Waals surface area contributed by atoms with Crippen LogP contribution in [0.25, 0.3) is 77.2 Å². The third-order valence-electron chi connectivity index (χ3n) is 9.65. The van der Waals surface area contributed by atoms with Gasteiger partial charge in [-0.1, -0.05) is 91.0 Å². The largest absolute Gasteiger partial charge is 0.309 e. The molecule has 0 bridgehead atoms. The molecule has 0 saturated carbocycles. The predicted molar refractivity (Wildman–Crippen MR) is 200 cm³/mol. The highest BCUT2D eigenvalue weighted by atomic mass is 15.0. The normalized spacial score (nSPS) is 11.1. The Hall–Kier alpha value is -7.39. The summed E-state index contributed by atoms with van der Waals surface area (Å²) in [7, 11) is 0. The fraction of sp³-hybridized carbons (Fsp3) is 0. The SMILES string of the molecule is N#Cc1ccc2c(c1)c1ccccc1n2-c1cc(C#N)c(C#N)cc1-c1ccccc1-c1ccc(-n2c3ccccc3c3ccccc32)cc1. The Morgan fingerprint density at radius 2 is 0.900 bits per heavy atom. The highest BCUT2D eigenvalue weighted by molar-refractivity contribution is 6.11. The molecular weight excluding hydrogens is 611 g/mol. The lowest BCUT2D eigenvalue weighted by atomic mass is 9.91. The van der Waals surface area contributed by atoms with Crippen LogP contribution >= 0.6 is 0 Å². The smallest absolute Gasteiger partial charge is 0.101 e. The van der Waals surface area contributed by atoms with Gasteiger partial charge in [0.05, 0.1) is 50.5 Å². The molecule has 0 radical (unpaired) electrons. The van der Waals surface area contributed by atoms with E-state index >= 15 is 0 Å². The summed E-state index contributed by atoms with van der Waals surface area (Å²) in [5.41, 5.74) is 11.0. The van der Waals surface area contributed by atoms with E-state index in [1.165, 1.54) is 10.8 Å². The van der Waals surface area contributed by atoms with Crippen LogP contribution in [0.2, 0.25) is 0 Å². The number of aromatic nitrogens is 2. The van der Waals surface area contributed by atoms with Gasteiger partial charge in [-0.25, -0.2) is 0 Å². The first kappa shape index (κ1) is 28.8. The molecule has 0 amide bonds. The van der Waals surface area contributed by atoms with Crippen molar-refractivity contribution < 1.29 is 0 Å². The Balaban J connectivity index is 1.26. The van der Waals surface area contributed by atoms with Crippen molar-refractivity contribution >= 4 is 43.6 Å². The van der Waals surface area contributed by atoms with E-state index in [0.717, 1.165) is 66.5 Å². The van der Waals surface area contributed by atoms with Crippen molar-refractivity contribution in [2.75, 3.05) is 0 Å². The molecule has 9 aromatic rings. The molecule has 230 valence electrons. The second-order valence-corrected chi connectivity index (χ2v) is 12.3. The van der Waals surface area contributed by atoms with Crippen LogP contribution in [0.3, 0.4) is 0 Å². The van der Waals surface area contributed by atoms with Crippen molar-refractivity contribution in [3.8, 4) is 51.8 Å². The first-order chi connectivity index (χ1) is 24.7. The van der Waals surface area contributed by atoms with Crippen molar-refractivity contribution in [2.24, 2.45) is 0 Å². The monoisotopic (exact) mass is 635 g/mol. The zero-order valence-corrected chi connectivity index (χ0v) is 26.7. The quantitative estimate of drug-likeness (QED) is 0.193. The molecule has 2 heterocycles. The maximum Gasteiger partial charge on any atom is 0.101 e. The van der Waals surface area contributed by atoms with Crippen LogP contribution in [-0.2, 0) is 0 Å². The molecule has 0 atom stereocenters. The second-order valence-electron chi connectivity index (χ2n) is 12.3. The van der Waals surface area contributed by atoms with Crippen LogP contribution in [0.15, 0.2) is 152 Å². The van der Waals surface area contributed by atoms with Crippen molar-refractivity contribution in [1.29, 1.82) is 15.8 Å². The van der Waals surface area contributed by atoms with E-state index in [9.17, 15) is 15.8 Å². The van der Waals surface area contributed by atoms with Gasteiger partial charge in [0, 0.05) is 32.8 Å². The van der Waals surface area contributed by atoms with E-state index in [-0.39, 0.29) is 0 Å². The first-order valence-electron chi connectivity index (χ1n) is 16.3. The van der Waals surface area contributed by atoms with Gasteiger partial charge in [-0.2, -0.15) is 15.8 Å². The average molecular weight is 636 g/mol. The van der Waals surface area contributed by atoms with E-state index in [1.54, 1.807) is 0 Å².